The van der Waals surface area contributed by atoms with Crippen LogP contribution in [0.4, 0.5) is 5.69 Å². The molecule has 1 aromatic carbocycles. The van der Waals surface area contributed by atoms with E-state index in [1.165, 1.54) is 37.5 Å². The zero-order valence-electron chi connectivity index (χ0n) is 16.7. The molecule has 1 aromatic rings. The van der Waals surface area contributed by atoms with Crippen LogP contribution in [0.1, 0.15) is 55.3 Å². The van der Waals surface area contributed by atoms with Crippen LogP contribution in [-0.4, -0.2) is 29.2 Å². The third kappa shape index (κ3) is 4.44. The molecule has 0 aliphatic heterocycles. The summed E-state index contributed by atoms with van der Waals surface area (Å²) < 4.78 is 0. The molecule has 0 atom stereocenters. The zero-order chi connectivity index (χ0) is 21.3. The van der Waals surface area contributed by atoms with Gasteiger partial charge in [0.25, 0.3) is 17.5 Å². The smallest absolute Gasteiger partial charge is 0.270 e. The fraction of sp³-hybridized carbons (Fsp3) is 0.571. The maximum absolute atomic E-state index is 12.4. The van der Waals surface area contributed by atoms with Gasteiger partial charge in [0.05, 0.1) is 11.5 Å². The Labute approximate surface area is 174 Å². The first-order valence-electron chi connectivity index (χ1n) is 10.4. The minimum absolute atomic E-state index is 0.0831. The van der Waals surface area contributed by atoms with E-state index in [0.29, 0.717) is 6.42 Å². The molecule has 30 heavy (non-hydrogen) atoms. The molecule has 0 heterocycles. The number of nitro benzene ring substituents is 1. The lowest BCUT2D eigenvalue weighted by Crippen LogP contribution is -2.51. The number of carbonyl (C=O) groups excluding carboxylic acids is 3. The van der Waals surface area contributed by atoms with Crippen molar-refractivity contribution in [3.05, 3.63) is 39.9 Å². The van der Waals surface area contributed by atoms with E-state index in [1.807, 2.05) is 0 Å². The van der Waals surface area contributed by atoms with Crippen molar-refractivity contribution in [2.24, 2.45) is 23.2 Å². The van der Waals surface area contributed by atoms with Crippen molar-refractivity contribution in [2.45, 2.75) is 44.9 Å². The van der Waals surface area contributed by atoms with E-state index in [4.69, 9.17) is 0 Å². The van der Waals surface area contributed by atoms with Gasteiger partial charge in [-0.2, -0.15) is 0 Å². The largest absolute Gasteiger partial charge is 0.343 e. The number of benzene rings is 1. The summed E-state index contributed by atoms with van der Waals surface area (Å²) in [5.74, 6) is 0.893. The molecule has 0 aromatic heterocycles. The van der Waals surface area contributed by atoms with Crippen molar-refractivity contribution >= 4 is 23.4 Å². The van der Waals surface area contributed by atoms with Crippen LogP contribution < -0.4 is 16.2 Å². The number of nitrogens with one attached hydrogen (secondary N) is 3. The molecule has 4 fully saturated rings. The standard InChI is InChI=1S/C21H26N4O5/c26-18(11-21-8-13-4-14(9-21)6-15(5-13)10-21)23-24-19(27)12-22-20(28)16-2-1-3-17(7-16)25(29)30/h1-3,7,13-15H,4-6,8-12H2,(H,22,28)(H,23,26)(H,24,27). The van der Waals surface area contributed by atoms with Gasteiger partial charge in [-0.05, 0) is 67.8 Å². The Morgan fingerprint density at radius 3 is 2.20 bits per heavy atom. The fourth-order valence-electron chi connectivity index (χ4n) is 6.10. The molecule has 4 aliphatic carbocycles. The maximum atomic E-state index is 12.4. The molecule has 4 saturated carbocycles. The lowest BCUT2D eigenvalue weighted by atomic mass is 9.49. The first kappa shape index (κ1) is 20.3. The Morgan fingerprint density at radius 2 is 1.60 bits per heavy atom. The van der Waals surface area contributed by atoms with Gasteiger partial charge in [0.15, 0.2) is 0 Å². The molecular formula is C21H26N4O5. The van der Waals surface area contributed by atoms with Gasteiger partial charge < -0.3 is 5.32 Å². The first-order chi connectivity index (χ1) is 14.3. The SMILES string of the molecule is O=C(CNC(=O)c1cccc([N+](=O)[O-])c1)NNC(=O)CC12CC3CC(CC(C3)C1)C2. The maximum Gasteiger partial charge on any atom is 0.270 e. The van der Waals surface area contributed by atoms with Crippen molar-refractivity contribution in [3.63, 3.8) is 0 Å². The molecule has 0 unspecified atom stereocenters. The van der Waals surface area contributed by atoms with Gasteiger partial charge in [-0.1, -0.05) is 6.07 Å². The zero-order valence-corrected chi connectivity index (χ0v) is 16.7. The van der Waals surface area contributed by atoms with Crippen LogP contribution in [0.3, 0.4) is 0 Å². The van der Waals surface area contributed by atoms with E-state index >= 15 is 0 Å². The summed E-state index contributed by atoms with van der Waals surface area (Å²) in [6.07, 6.45) is 7.68. The molecule has 4 bridgehead atoms. The molecule has 5 rings (SSSR count). The van der Waals surface area contributed by atoms with E-state index < -0.39 is 16.7 Å². The van der Waals surface area contributed by atoms with Crippen molar-refractivity contribution in [1.29, 1.82) is 0 Å². The van der Waals surface area contributed by atoms with E-state index in [2.05, 4.69) is 16.2 Å². The van der Waals surface area contributed by atoms with Crippen LogP contribution in [0.25, 0.3) is 0 Å². The third-order valence-corrected chi connectivity index (χ3v) is 6.77. The Balaban J connectivity index is 1.21. The van der Waals surface area contributed by atoms with Crippen LogP contribution in [0.2, 0.25) is 0 Å². The first-order valence-corrected chi connectivity index (χ1v) is 10.4. The number of non-ortho nitro benzene ring substituents is 1. The number of rotatable bonds is 6. The van der Waals surface area contributed by atoms with Crippen molar-refractivity contribution in [3.8, 4) is 0 Å². The van der Waals surface area contributed by atoms with Gasteiger partial charge in [-0.3, -0.25) is 35.3 Å². The number of hydrogen-bond donors (Lipinski definition) is 3. The van der Waals surface area contributed by atoms with E-state index in [9.17, 15) is 24.5 Å². The van der Waals surface area contributed by atoms with Gasteiger partial charge in [-0.15, -0.1) is 0 Å². The average molecular weight is 414 g/mol. The normalized spacial score (nSPS) is 28.6. The van der Waals surface area contributed by atoms with Gasteiger partial charge in [0.1, 0.15) is 0 Å². The van der Waals surface area contributed by atoms with E-state index in [1.54, 1.807) is 0 Å². The number of hydrogen-bond acceptors (Lipinski definition) is 5. The summed E-state index contributed by atoms with van der Waals surface area (Å²) in [7, 11) is 0. The number of amides is 3. The van der Waals surface area contributed by atoms with Crippen LogP contribution in [-0.2, 0) is 9.59 Å². The number of carbonyl (C=O) groups is 3. The Kier molecular flexibility index (Phi) is 5.44. The fourth-order valence-corrected chi connectivity index (χ4v) is 6.10. The predicted octanol–water partition coefficient (Wildman–Crippen LogP) is 2.08. The average Bonchev–Trinajstić information content (AvgIpc) is 2.69. The molecule has 3 amide bonds. The molecule has 0 saturated heterocycles. The van der Waals surface area contributed by atoms with Crippen LogP contribution in [0.15, 0.2) is 24.3 Å². The molecule has 0 spiro atoms. The van der Waals surface area contributed by atoms with Crippen LogP contribution in [0.5, 0.6) is 0 Å². The summed E-state index contributed by atoms with van der Waals surface area (Å²) in [6.45, 7) is -0.348. The second-order valence-corrected chi connectivity index (χ2v) is 9.18. The lowest BCUT2D eigenvalue weighted by Gasteiger charge is -2.56. The third-order valence-electron chi connectivity index (χ3n) is 6.77. The quantitative estimate of drug-likeness (QED) is 0.485. The van der Waals surface area contributed by atoms with Gasteiger partial charge in [0, 0.05) is 24.1 Å². The lowest BCUT2D eigenvalue weighted by molar-refractivity contribution is -0.384. The summed E-state index contributed by atoms with van der Waals surface area (Å²) in [5.41, 5.74) is 4.77. The minimum Gasteiger partial charge on any atom is -0.343 e. The summed E-state index contributed by atoms with van der Waals surface area (Å²) >= 11 is 0. The Bertz CT molecular complexity index is 849. The highest BCUT2D eigenvalue weighted by atomic mass is 16.6. The van der Waals surface area contributed by atoms with Crippen molar-refractivity contribution in [1.82, 2.24) is 16.2 Å². The Morgan fingerprint density at radius 1 is 1.00 bits per heavy atom. The molecule has 3 N–H and O–H groups in total. The van der Waals surface area contributed by atoms with E-state index in [-0.39, 0.29) is 29.1 Å². The molecular weight excluding hydrogens is 388 g/mol. The highest BCUT2D eigenvalue weighted by Gasteiger charge is 2.51. The summed E-state index contributed by atoms with van der Waals surface area (Å²) in [6, 6.07) is 5.24. The van der Waals surface area contributed by atoms with Crippen molar-refractivity contribution < 1.29 is 19.3 Å². The van der Waals surface area contributed by atoms with E-state index in [0.717, 1.165) is 43.1 Å². The summed E-state index contributed by atoms with van der Waals surface area (Å²) in [5, 5.41) is 13.2. The molecule has 4 aliphatic rings. The van der Waals surface area contributed by atoms with Gasteiger partial charge in [0.2, 0.25) is 5.91 Å². The Hall–Kier alpha value is -2.97. The summed E-state index contributed by atoms with van der Waals surface area (Å²) in [4.78, 5) is 46.7. The number of hydrazine groups is 1. The topological polar surface area (TPSA) is 130 Å². The minimum atomic E-state index is -0.603. The highest BCUT2D eigenvalue weighted by Crippen LogP contribution is 2.61. The molecule has 9 nitrogen and oxygen atoms in total. The van der Waals surface area contributed by atoms with Crippen LogP contribution >= 0.6 is 0 Å². The monoisotopic (exact) mass is 414 g/mol. The highest BCUT2D eigenvalue weighted by molar-refractivity contribution is 5.97. The second kappa shape index (κ2) is 8.04. The van der Waals surface area contributed by atoms with Gasteiger partial charge >= 0.3 is 0 Å². The molecule has 160 valence electrons. The predicted molar refractivity (Wildman–Crippen MR) is 107 cm³/mol. The number of nitrogens with zero attached hydrogens (tertiary/aromatic N) is 1. The van der Waals surface area contributed by atoms with Crippen LogP contribution in [0, 0.1) is 33.3 Å². The molecule has 0 radical (unpaired) electrons. The molecule has 9 heteroatoms. The second-order valence-electron chi connectivity index (χ2n) is 9.18. The van der Waals surface area contributed by atoms with Crippen molar-refractivity contribution in [2.75, 3.05) is 6.54 Å². The number of nitro groups is 1. The van der Waals surface area contributed by atoms with Gasteiger partial charge in [-0.25, -0.2) is 0 Å².